The fraction of sp³-hybridized carbons (Fsp3) is 0.333. The molecule has 3 aliphatic rings. The van der Waals surface area contributed by atoms with E-state index in [0.29, 0.717) is 42.9 Å². The lowest BCUT2D eigenvalue weighted by molar-refractivity contribution is -0.136. The van der Waals surface area contributed by atoms with Crippen LogP contribution in [-0.2, 0) is 44.9 Å². The molecule has 0 radical (unpaired) electrons. The van der Waals surface area contributed by atoms with Crippen LogP contribution in [-0.4, -0.2) is 86.9 Å². The zero-order valence-corrected chi connectivity index (χ0v) is 30.2. The Bertz CT molecular complexity index is 2620. The molecule has 0 spiro atoms. The van der Waals surface area contributed by atoms with Crippen molar-refractivity contribution < 1.29 is 32.4 Å². The molecule has 5 amide bonds. The number of nitrogens with zero attached hydrogens (tertiary/aromatic N) is 6. The van der Waals surface area contributed by atoms with Crippen LogP contribution in [0.5, 0.6) is 0 Å². The number of nitrogens with one attached hydrogen (secondary N) is 2. The molecule has 4 aromatic rings. The molecule has 1 atom stereocenters. The molecular formula is C36H34N8O9S. The number of hydrogen-bond acceptors (Lipinski definition) is 11. The van der Waals surface area contributed by atoms with E-state index in [4.69, 9.17) is 0 Å². The average Bonchev–Trinajstić information content (AvgIpc) is 3.61. The third-order valence-electron chi connectivity index (χ3n) is 9.90. The molecule has 2 saturated heterocycles. The molecule has 0 saturated carbocycles. The van der Waals surface area contributed by atoms with Crippen molar-refractivity contribution in [3.63, 3.8) is 0 Å². The van der Waals surface area contributed by atoms with Gasteiger partial charge in [-0.05, 0) is 55.7 Å². The highest BCUT2D eigenvalue weighted by molar-refractivity contribution is 7.90. The number of amides is 5. The van der Waals surface area contributed by atoms with Gasteiger partial charge in [-0.3, -0.25) is 48.1 Å². The van der Waals surface area contributed by atoms with Crippen molar-refractivity contribution in [1.29, 1.82) is 0 Å². The van der Waals surface area contributed by atoms with Crippen LogP contribution >= 0.6 is 0 Å². The Morgan fingerprint density at radius 1 is 0.944 bits per heavy atom. The minimum atomic E-state index is -3.80. The number of carbonyl (C=O) groups is 5. The molecule has 1 unspecified atom stereocenters. The van der Waals surface area contributed by atoms with Gasteiger partial charge in [0.1, 0.15) is 6.04 Å². The first kappa shape index (κ1) is 36.0. The van der Waals surface area contributed by atoms with Gasteiger partial charge in [0.15, 0.2) is 11.2 Å². The number of imide groups is 2. The first-order valence-electron chi connectivity index (χ1n) is 17.0. The van der Waals surface area contributed by atoms with Crippen molar-refractivity contribution in [2.75, 3.05) is 29.6 Å². The van der Waals surface area contributed by atoms with Crippen LogP contribution in [0.2, 0.25) is 0 Å². The molecular weight excluding hydrogens is 721 g/mol. The highest BCUT2D eigenvalue weighted by atomic mass is 32.2. The largest absolute Gasteiger partial charge is 0.371 e. The second kappa shape index (κ2) is 13.6. The topological polar surface area (TPSA) is 212 Å². The Hall–Kier alpha value is -6.35. The van der Waals surface area contributed by atoms with Gasteiger partial charge in [0.25, 0.3) is 17.4 Å². The summed E-state index contributed by atoms with van der Waals surface area (Å²) in [6.07, 6.45) is 2.12. The van der Waals surface area contributed by atoms with Crippen molar-refractivity contribution in [2.45, 2.75) is 43.4 Å². The van der Waals surface area contributed by atoms with Gasteiger partial charge in [-0.15, -0.1) is 0 Å². The van der Waals surface area contributed by atoms with Gasteiger partial charge in [0, 0.05) is 62.7 Å². The lowest BCUT2D eigenvalue weighted by Gasteiger charge is -2.33. The summed E-state index contributed by atoms with van der Waals surface area (Å²) in [4.78, 5) is 96.4. The lowest BCUT2D eigenvalue weighted by atomic mass is 9.95. The van der Waals surface area contributed by atoms with E-state index < -0.39 is 50.8 Å². The molecule has 2 aromatic heterocycles. The molecule has 2 N–H and O–H groups in total. The monoisotopic (exact) mass is 754 g/mol. The van der Waals surface area contributed by atoms with Gasteiger partial charge in [0.05, 0.1) is 17.7 Å². The van der Waals surface area contributed by atoms with E-state index in [1.54, 1.807) is 42.5 Å². The highest BCUT2D eigenvalue weighted by Crippen LogP contribution is 2.32. The molecule has 2 aromatic carbocycles. The molecule has 278 valence electrons. The molecule has 18 heteroatoms. The maximum atomic E-state index is 13.3. The molecule has 2 fully saturated rings. The number of hydrogen-bond donors (Lipinski definition) is 2. The summed E-state index contributed by atoms with van der Waals surface area (Å²) in [6, 6.07) is 10.7. The minimum Gasteiger partial charge on any atom is -0.371 e. The smallest absolute Gasteiger partial charge is 0.333 e. The molecule has 0 aliphatic carbocycles. The summed E-state index contributed by atoms with van der Waals surface area (Å²) in [6.45, 7) is 0.841. The Kier molecular flexibility index (Phi) is 9.05. The fourth-order valence-corrected chi connectivity index (χ4v) is 7.92. The van der Waals surface area contributed by atoms with Gasteiger partial charge >= 0.3 is 5.69 Å². The van der Waals surface area contributed by atoms with Crippen molar-refractivity contribution in [3.05, 3.63) is 80.0 Å². The minimum absolute atomic E-state index is 0.0362. The van der Waals surface area contributed by atoms with Crippen LogP contribution in [0, 0.1) is 17.8 Å². The number of imidazole rings is 1. The van der Waals surface area contributed by atoms with Gasteiger partial charge in [0.2, 0.25) is 32.7 Å². The summed E-state index contributed by atoms with van der Waals surface area (Å²) < 4.78 is 27.6. The lowest BCUT2D eigenvalue weighted by Crippen LogP contribution is -2.54. The number of aryl methyl sites for hydroxylation is 1. The number of benzene rings is 2. The Balaban J connectivity index is 0.991. The molecule has 5 heterocycles. The fourth-order valence-electron chi connectivity index (χ4n) is 7.08. The number of fused-ring (bicyclic) bond motifs is 2. The standard InChI is InChI=1S/C36H34N8O9S/c1-40-28-29(39-35(40)54(3,52)53)43(36(51)41(2)34(28)50)15-5-7-20-6-4-8-22(18-20)37-30(46)21-13-16-42(17-14-21)23-9-10-24-25(19-23)33(49)44(32(24)48)26-11-12-27(45)38-31(26)47/h4,6,8-10,18-19,21,26H,11-17H2,1-3H3,(H,37,46)(H,38,45,47). The summed E-state index contributed by atoms with van der Waals surface area (Å²) in [5, 5.41) is 4.78. The number of aromatic nitrogens is 4. The number of rotatable bonds is 6. The number of sulfone groups is 1. The average molecular weight is 755 g/mol. The predicted molar refractivity (Wildman–Crippen MR) is 193 cm³/mol. The maximum Gasteiger partial charge on any atom is 0.333 e. The summed E-state index contributed by atoms with van der Waals surface area (Å²) in [5.74, 6) is 3.09. The van der Waals surface area contributed by atoms with E-state index in [2.05, 4.69) is 27.5 Å². The number of carbonyl (C=O) groups excluding carboxylic acids is 5. The predicted octanol–water partition coefficient (Wildman–Crippen LogP) is 0.145. The Morgan fingerprint density at radius 3 is 2.37 bits per heavy atom. The molecule has 54 heavy (non-hydrogen) atoms. The summed E-state index contributed by atoms with van der Waals surface area (Å²) >= 11 is 0. The summed E-state index contributed by atoms with van der Waals surface area (Å²) in [7, 11) is -1.12. The van der Waals surface area contributed by atoms with E-state index in [1.165, 1.54) is 14.1 Å². The van der Waals surface area contributed by atoms with Crippen molar-refractivity contribution in [3.8, 4) is 11.8 Å². The van der Waals surface area contributed by atoms with Gasteiger partial charge in [-0.2, -0.15) is 4.98 Å². The second-order valence-corrected chi connectivity index (χ2v) is 15.4. The quantitative estimate of drug-likeness (QED) is 0.200. The number of anilines is 2. The van der Waals surface area contributed by atoms with Crippen LogP contribution in [0.15, 0.2) is 57.2 Å². The first-order valence-corrected chi connectivity index (χ1v) is 18.9. The van der Waals surface area contributed by atoms with Crippen LogP contribution < -0.4 is 26.8 Å². The SMILES string of the molecule is Cn1c(=O)c2c(nc(S(C)(=O)=O)n2C)n(CC#Cc2cccc(NC(=O)C3CCN(c4ccc5c(c4)C(=O)N(C4CCC(=O)NC4=O)C5=O)CC3)c2)c1=O. The van der Waals surface area contributed by atoms with E-state index in [1.807, 2.05) is 4.90 Å². The third kappa shape index (κ3) is 6.36. The molecule has 17 nitrogen and oxygen atoms in total. The molecule has 0 bridgehead atoms. The van der Waals surface area contributed by atoms with E-state index in [9.17, 15) is 42.0 Å². The zero-order valence-electron chi connectivity index (χ0n) is 29.4. The first-order chi connectivity index (χ1) is 25.6. The highest BCUT2D eigenvalue weighted by Gasteiger charge is 2.45. The molecule has 3 aliphatic heterocycles. The van der Waals surface area contributed by atoms with Gasteiger partial charge < -0.3 is 14.8 Å². The van der Waals surface area contributed by atoms with Gasteiger partial charge in [-0.1, -0.05) is 17.9 Å². The second-order valence-electron chi connectivity index (χ2n) is 13.4. The Morgan fingerprint density at radius 2 is 1.67 bits per heavy atom. The van der Waals surface area contributed by atoms with Crippen LogP contribution in [0.4, 0.5) is 11.4 Å². The van der Waals surface area contributed by atoms with Crippen molar-refractivity contribution >= 4 is 61.9 Å². The summed E-state index contributed by atoms with van der Waals surface area (Å²) in [5.41, 5.74) is 0.623. The Labute approximate surface area is 307 Å². The third-order valence-corrected chi connectivity index (χ3v) is 10.9. The number of piperidine rings is 2. The molecule has 7 rings (SSSR count). The van der Waals surface area contributed by atoms with E-state index >= 15 is 0 Å². The normalized spacial score (nSPS) is 17.7. The van der Waals surface area contributed by atoms with Crippen molar-refractivity contribution in [2.24, 2.45) is 20.0 Å². The zero-order chi connectivity index (χ0) is 38.6. The van der Waals surface area contributed by atoms with Crippen molar-refractivity contribution in [1.82, 2.24) is 28.9 Å². The van der Waals surface area contributed by atoms with E-state index in [-0.39, 0.29) is 58.7 Å². The van der Waals surface area contributed by atoms with E-state index in [0.717, 1.165) is 24.9 Å². The maximum absolute atomic E-state index is 13.3. The van der Waals surface area contributed by atoms with Gasteiger partial charge in [-0.25, -0.2) is 13.2 Å². The van der Waals surface area contributed by atoms with Crippen LogP contribution in [0.1, 0.15) is 52.0 Å². The van der Waals surface area contributed by atoms with Crippen LogP contribution in [0.25, 0.3) is 11.2 Å². The van der Waals surface area contributed by atoms with Crippen LogP contribution in [0.3, 0.4) is 0 Å².